The maximum atomic E-state index is 12.3. The number of carbonyl (C=O) groups excluding carboxylic acids is 2. The third-order valence-electron chi connectivity index (χ3n) is 3.01. The summed E-state index contributed by atoms with van der Waals surface area (Å²) in [5.74, 6) is -1.18. The Morgan fingerprint density at radius 3 is 2.58 bits per heavy atom. The standard InChI is InChI=1S/C17H16N2O4S/c1-11(20)13(16(21)19-12-6-4-3-5-7-12)10-18-14-8-9-24-15(14)17(22)23-2/h3-10,20H,1-2H3,(H,19,21)/b13-11+,18-10?. The van der Waals surface area contributed by atoms with Gasteiger partial charge in [0, 0.05) is 11.9 Å². The van der Waals surface area contributed by atoms with Gasteiger partial charge >= 0.3 is 5.97 Å². The smallest absolute Gasteiger partial charge is 0.350 e. The molecule has 1 amide bonds. The zero-order valence-corrected chi connectivity index (χ0v) is 14.0. The van der Waals surface area contributed by atoms with Gasteiger partial charge in [0.2, 0.25) is 0 Å². The molecule has 0 radical (unpaired) electrons. The van der Waals surface area contributed by atoms with Gasteiger partial charge in [-0.15, -0.1) is 11.3 Å². The van der Waals surface area contributed by atoms with E-state index in [-0.39, 0.29) is 11.3 Å². The van der Waals surface area contributed by atoms with Gasteiger partial charge in [-0.05, 0) is 30.5 Å². The summed E-state index contributed by atoms with van der Waals surface area (Å²) in [4.78, 5) is 28.4. The summed E-state index contributed by atoms with van der Waals surface area (Å²) in [7, 11) is 1.28. The van der Waals surface area contributed by atoms with Crippen LogP contribution in [0.4, 0.5) is 11.4 Å². The second-order valence-corrected chi connectivity index (χ2v) is 5.62. The highest BCUT2D eigenvalue weighted by Crippen LogP contribution is 2.26. The van der Waals surface area contributed by atoms with Crippen LogP contribution in [0.3, 0.4) is 0 Å². The van der Waals surface area contributed by atoms with Crippen molar-refractivity contribution in [1.29, 1.82) is 0 Å². The molecule has 0 saturated carbocycles. The monoisotopic (exact) mass is 344 g/mol. The Bertz CT molecular complexity index is 790. The van der Waals surface area contributed by atoms with Crippen molar-refractivity contribution in [1.82, 2.24) is 0 Å². The van der Waals surface area contributed by atoms with E-state index in [0.29, 0.717) is 16.3 Å². The first kappa shape index (κ1) is 17.4. The number of methoxy groups -OCH3 is 1. The molecule has 24 heavy (non-hydrogen) atoms. The first-order chi connectivity index (χ1) is 11.5. The van der Waals surface area contributed by atoms with Crippen molar-refractivity contribution in [2.24, 2.45) is 4.99 Å². The zero-order valence-electron chi connectivity index (χ0n) is 13.1. The van der Waals surface area contributed by atoms with Gasteiger partial charge in [-0.3, -0.25) is 9.79 Å². The number of aliphatic imine (C=N–C) groups is 1. The molecule has 7 heteroatoms. The molecule has 1 aromatic carbocycles. The highest BCUT2D eigenvalue weighted by molar-refractivity contribution is 7.12. The van der Waals surface area contributed by atoms with Crippen LogP contribution >= 0.6 is 11.3 Å². The molecule has 1 aromatic heterocycles. The number of benzene rings is 1. The number of aliphatic hydroxyl groups excluding tert-OH is 1. The first-order valence-electron chi connectivity index (χ1n) is 6.99. The van der Waals surface area contributed by atoms with Crippen molar-refractivity contribution < 1.29 is 19.4 Å². The van der Waals surface area contributed by atoms with E-state index in [2.05, 4.69) is 15.0 Å². The van der Waals surface area contributed by atoms with Crippen LogP contribution in [0.2, 0.25) is 0 Å². The number of rotatable bonds is 5. The number of hydrogen-bond acceptors (Lipinski definition) is 6. The van der Waals surface area contributed by atoms with Crippen LogP contribution in [-0.2, 0) is 9.53 Å². The molecule has 0 aliphatic heterocycles. The molecule has 2 aromatic rings. The number of nitrogens with zero attached hydrogens (tertiary/aromatic N) is 1. The number of amides is 1. The predicted octanol–water partition coefficient (Wildman–Crippen LogP) is 3.71. The van der Waals surface area contributed by atoms with Gasteiger partial charge < -0.3 is 15.2 Å². The van der Waals surface area contributed by atoms with Gasteiger partial charge in [-0.2, -0.15) is 0 Å². The van der Waals surface area contributed by atoms with Gasteiger partial charge in [0.05, 0.1) is 18.4 Å². The molecule has 0 saturated heterocycles. The maximum Gasteiger partial charge on any atom is 0.350 e. The molecule has 0 bridgehead atoms. The molecule has 0 fully saturated rings. The summed E-state index contributed by atoms with van der Waals surface area (Å²) in [5, 5.41) is 14.1. The molecule has 1 heterocycles. The summed E-state index contributed by atoms with van der Waals surface area (Å²) in [6, 6.07) is 10.5. The number of para-hydroxylation sites is 1. The average Bonchev–Trinajstić information content (AvgIpc) is 3.03. The molecule has 0 aliphatic rings. The van der Waals surface area contributed by atoms with E-state index in [0.717, 1.165) is 0 Å². The average molecular weight is 344 g/mol. The van der Waals surface area contributed by atoms with Crippen LogP contribution < -0.4 is 5.32 Å². The van der Waals surface area contributed by atoms with Crippen molar-refractivity contribution in [2.75, 3.05) is 12.4 Å². The number of nitrogens with one attached hydrogen (secondary N) is 1. The zero-order chi connectivity index (χ0) is 17.5. The lowest BCUT2D eigenvalue weighted by atomic mass is 10.2. The van der Waals surface area contributed by atoms with Gasteiger partial charge in [0.25, 0.3) is 5.91 Å². The SMILES string of the molecule is COC(=O)c1sccc1N=C/C(C(=O)Nc1ccccc1)=C(/C)O. The van der Waals surface area contributed by atoms with Crippen molar-refractivity contribution in [3.8, 4) is 0 Å². The minimum absolute atomic E-state index is 0.000805. The second-order valence-electron chi connectivity index (χ2n) is 4.70. The molecule has 2 N–H and O–H groups in total. The van der Waals surface area contributed by atoms with Crippen molar-refractivity contribution in [3.05, 3.63) is 58.0 Å². The quantitative estimate of drug-likeness (QED) is 0.375. The number of allylic oxidation sites excluding steroid dienone is 1. The molecule has 2 rings (SSSR count). The summed E-state index contributed by atoms with van der Waals surface area (Å²) in [6.45, 7) is 1.39. The van der Waals surface area contributed by atoms with E-state index in [9.17, 15) is 14.7 Å². The summed E-state index contributed by atoms with van der Waals surface area (Å²) in [5.41, 5.74) is 0.972. The number of anilines is 1. The van der Waals surface area contributed by atoms with E-state index in [1.54, 1.807) is 35.7 Å². The van der Waals surface area contributed by atoms with Gasteiger partial charge in [0.15, 0.2) is 0 Å². The fourth-order valence-corrected chi connectivity index (χ4v) is 2.57. The van der Waals surface area contributed by atoms with E-state index in [4.69, 9.17) is 0 Å². The molecule has 124 valence electrons. The third-order valence-corrected chi connectivity index (χ3v) is 3.90. The van der Waals surface area contributed by atoms with Gasteiger partial charge in [-0.25, -0.2) is 4.79 Å². The van der Waals surface area contributed by atoms with E-state index in [1.807, 2.05) is 6.07 Å². The highest BCUT2D eigenvalue weighted by atomic mass is 32.1. The largest absolute Gasteiger partial charge is 0.512 e. The van der Waals surface area contributed by atoms with Crippen LogP contribution in [0.15, 0.2) is 58.1 Å². The number of ether oxygens (including phenoxy) is 1. The van der Waals surface area contributed by atoms with Crippen LogP contribution in [0, 0.1) is 0 Å². The highest BCUT2D eigenvalue weighted by Gasteiger charge is 2.15. The number of carbonyl (C=O) groups is 2. The molecule has 0 spiro atoms. The Balaban J connectivity index is 2.21. The normalized spacial score (nSPS) is 11.9. The number of aliphatic hydroxyl groups is 1. The minimum Gasteiger partial charge on any atom is -0.512 e. The fourth-order valence-electron chi connectivity index (χ4n) is 1.82. The third kappa shape index (κ3) is 4.30. The molecular weight excluding hydrogens is 328 g/mol. The summed E-state index contributed by atoms with van der Waals surface area (Å²) in [6.07, 6.45) is 1.22. The predicted molar refractivity (Wildman–Crippen MR) is 94.2 cm³/mol. The summed E-state index contributed by atoms with van der Waals surface area (Å²) >= 11 is 1.19. The lowest BCUT2D eigenvalue weighted by Gasteiger charge is -2.06. The fraction of sp³-hybridized carbons (Fsp3) is 0.118. The molecule has 6 nitrogen and oxygen atoms in total. The number of thiophene rings is 1. The molecule has 0 atom stereocenters. The first-order valence-corrected chi connectivity index (χ1v) is 7.87. The number of esters is 1. The Morgan fingerprint density at radius 2 is 1.96 bits per heavy atom. The number of hydrogen-bond donors (Lipinski definition) is 2. The van der Waals surface area contributed by atoms with Crippen molar-refractivity contribution >= 4 is 40.8 Å². The summed E-state index contributed by atoms with van der Waals surface area (Å²) < 4.78 is 4.67. The topological polar surface area (TPSA) is 88.0 Å². The van der Waals surface area contributed by atoms with Crippen molar-refractivity contribution in [2.45, 2.75) is 6.92 Å². The van der Waals surface area contributed by atoms with Crippen molar-refractivity contribution in [3.63, 3.8) is 0 Å². The van der Waals surface area contributed by atoms with Gasteiger partial charge in [-0.1, -0.05) is 18.2 Å². The maximum absolute atomic E-state index is 12.3. The molecule has 0 unspecified atom stereocenters. The Hall–Kier alpha value is -2.93. The lowest BCUT2D eigenvalue weighted by Crippen LogP contribution is -2.16. The lowest BCUT2D eigenvalue weighted by molar-refractivity contribution is -0.112. The molecular formula is C17H16N2O4S. The van der Waals surface area contributed by atoms with Gasteiger partial charge in [0.1, 0.15) is 10.6 Å². The minimum atomic E-state index is -0.503. The molecule has 0 aliphatic carbocycles. The van der Waals surface area contributed by atoms with Crippen LogP contribution in [0.1, 0.15) is 16.6 Å². The van der Waals surface area contributed by atoms with Crippen LogP contribution in [0.25, 0.3) is 0 Å². The second kappa shape index (κ2) is 8.07. The van der Waals surface area contributed by atoms with E-state index < -0.39 is 11.9 Å². The van der Waals surface area contributed by atoms with E-state index >= 15 is 0 Å². The Kier molecular flexibility index (Phi) is 5.86. The van der Waals surface area contributed by atoms with Crippen LogP contribution in [-0.4, -0.2) is 30.3 Å². The van der Waals surface area contributed by atoms with Crippen LogP contribution in [0.5, 0.6) is 0 Å². The van der Waals surface area contributed by atoms with E-state index in [1.165, 1.54) is 31.6 Å². The Labute approximate surface area is 143 Å². The Morgan fingerprint density at radius 1 is 1.25 bits per heavy atom.